The number of allylic oxidation sites excluding steroid dienone is 2. The molecule has 3 heteroatoms. The molecule has 0 heterocycles. The lowest BCUT2D eigenvalue weighted by Gasteiger charge is -2.15. The van der Waals surface area contributed by atoms with Crippen molar-refractivity contribution in [2.45, 2.75) is 25.2 Å². The quantitative estimate of drug-likeness (QED) is 0.399. The second-order valence-corrected chi connectivity index (χ2v) is 7.66. The maximum Gasteiger partial charge on any atom is 0.127 e. The number of halogens is 2. The van der Waals surface area contributed by atoms with Crippen LogP contribution in [0, 0.1) is 5.92 Å². The molecule has 0 radical (unpaired) electrons. The minimum atomic E-state index is -0.166. The molecular formula is C25H22ClFO. The maximum absolute atomic E-state index is 15.1. The molecule has 0 aliphatic heterocycles. The summed E-state index contributed by atoms with van der Waals surface area (Å²) in [7, 11) is 0. The Labute approximate surface area is 170 Å². The molecule has 0 spiro atoms. The molecule has 4 rings (SSSR count). The fourth-order valence-electron chi connectivity index (χ4n) is 3.46. The van der Waals surface area contributed by atoms with Gasteiger partial charge in [-0.15, -0.1) is 0 Å². The molecule has 0 amide bonds. The van der Waals surface area contributed by atoms with Gasteiger partial charge in [-0.2, -0.15) is 0 Å². The lowest BCUT2D eigenvalue weighted by Crippen LogP contribution is -2.02. The minimum absolute atomic E-state index is 0.0563. The third-order valence-corrected chi connectivity index (χ3v) is 5.28. The van der Waals surface area contributed by atoms with Gasteiger partial charge in [0, 0.05) is 10.9 Å². The zero-order chi connectivity index (χ0) is 19.3. The van der Waals surface area contributed by atoms with Crippen molar-refractivity contribution in [1.82, 2.24) is 0 Å². The second-order valence-electron chi connectivity index (χ2n) is 7.22. The van der Waals surface area contributed by atoms with Crippen molar-refractivity contribution < 1.29 is 9.13 Å². The first-order chi connectivity index (χ1) is 13.7. The first-order valence-corrected chi connectivity index (χ1v) is 10.00. The van der Waals surface area contributed by atoms with E-state index in [0.29, 0.717) is 17.4 Å². The smallest absolute Gasteiger partial charge is 0.127 e. The van der Waals surface area contributed by atoms with Crippen LogP contribution in [0.15, 0.2) is 90.8 Å². The van der Waals surface area contributed by atoms with Crippen LogP contribution in [-0.4, -0.2) is 0 Å². The molecule has 3 aromatic carbocycles. The summed E-state index contributed by atoms with van der Waals surface area (Å²) >= 11 is 5.98. The summed E-state index contributed by atoms with van der Waals surface area (Å²) in [5.41, 5.74) is 2.02. The Balaban J connectivity index is 1.48. The lowest BCUT2D eigenvalue weighted by molar-refractivity contribution is 0.482. The van der Waals surface area contributed by atoms with Crippen molar-refractivity contribution in [1.29, 1.82) is 0 Å². The van der Waals surface area contributed by atoms with Crippen LogP contribution in [0.25, 0.3) is 0 Å². The van der Waals surface area contributed by atoms with Gasteiger partial charge in [0.25, 0.3) is 0 Å². The molecule has 0 unspecified atom stereocenters. The predicted octanol–water partition coefficient (Wildman–Crippen LogP) is 7.72. The van der Waals surface area contributed by atoms with E-state index < -0.39 is 0 Å². The zero-order valence-corrected chi connectivity index (χ0v) is 16.3. The largest absolute Gasteiger partial charge is 0.457 e. The molecule has 0 aromatic heterocycles. The Morgan fingerprint density at radius 1 is 0.964 bits per heavy atom. The number of benzene rings is 3. The second kappa shape index (κ2) is 8.62. The summed E-state index contributed by atoms with van der Waals surface area (Å²) in [6.07, 6.45) is 4.40. The van der Waals surface area contributed by atoms with E-state index in [9.17, 15) is 0 Å². The van der Waals surface area contributed by atoms with Crippen LogP contribution in [0.5, 0.6) is 11.5 Å². The van der Waals surface area contributed by atoms with Gasteiger partial charge in [-0.1, -0.05) is 54.1 Å². The highest BCUT2D eigenvalue weighted by Crippen LogP contribution is 2.47. The van der Waals surface area contributed by atoms with Crippen LogP contribution < -0.4 is 4.74 Å². The van der Waals surface area contributed by atoms with E-state index in [1.807, 2.05) is 78.9 Å². The molecule has 1 aliphatic carbocycles. The van der Waals surface area contributed by atoms with Crippen molar-refractivity contribution >= 4 is 11.6 Å². The molecule has 0 N–H and O–H groups in total. The van der Waals surface area contributed by atoms with E-state index in [4.69, 9.17) is 16.3 Å². The zero-order valence-electron chi connectivity index (χ0n) is 15.5. The molecule has 1 saturated carbocycles. The third-order valence-electron chi connectivity index (χ3n) is 5.03. The molecule has 3 aromatic rings. The van der Waals surface area contributed by atoms with Gasteiger partial charge in [0.05, 0.1) is 0 Å². The minimum Gasteiger partial charge on any atom is -0.457 e. The number of para-hydroxylation sites is 1. The van der Waals surface area contributed by atoms with E-state index >= 15 is 4.39 Å². The molecule has 1 aliphatic rings. The third kappa shape index (κ3) is 4.82. The Bertz CT molecular complexity index is 946. The molecular weight excluding hydrogens is 371 g/mol. The van der Waals surface area contributed by atoms with Gasteiger partial charge in [0.2, 0.25) is 0 Å². The highest BCUT2D eigenvalue weighted by molar-refractivity contribution is 6.30. The average Bonchev–Trinajstić information content (AvgIpc) is 3.54. The van der Waals surface area contributed by atoms with Crippen LogP contribution in [0.2, 0.25) is 5.02 Å². The van der Waals surface area contributed by atoms with Crippen molar-refractivity contribution in [3.8, 4) is 11.5 Å². The van der Waals surface area contributed by atoms with E-state index in [1.165, 1.54) is 0 Å². The Morgan fingerprint density at radius 3 is 2.39 bits per heavy atom. The molecule has 1 nitrogen and oxygen atoms in total. The van der Waals surface area contributed by atoms with Gasteiger partial charge in [0.15, 0.2) is 0 Å². The number of hydrogen-bond acceptors (Lipinski definition) is 1. The summed E-state index contributed by atoms with van der Waals surface area (Å²) in [6.45, 7) is 0. The average molecular weight is 393 g/mol. The number of ether oxygens (including phenoxy) is 1. The van der Waals surface area contributed by atoms with E-state index in [-0.39, 0.29) is 11.7 Å². The Kier molecular flexibility index (Phi) is 5.78. The molecule has 0 bridgehead atoms. The van der Waals surface area contributed by atoms with Crippen LogP contribution in [0.4, 0.5) is 4.39 Å². The lowest BCUT2D eigenvalue weighted by atomic mass is 9.92. The van der Waals surface area contributed by atoms with Crippen LogP contribution in [0.1, 0.15) is 29.9 Å². The molecule has 142 valence electrons. The maximum atomic E-state index is 15.1. The van der Waals surface area contributed by atoms with Gasteiger partial charge in [-0.3, -0.25) is 0 Å². The molecule has 1 atom stereocenters. The number of hydrogen-bond donors (Lipinski definition) is 0. The molecule has 0 saturated heterocycles. The summed E-state index contributed by atoms with van der Waals surface area (Å²) < 4.78 is 20.9. The van der Waals surface area contributed by atoms with E-state index in [0.717, 1.165) is 35.5 Å². The van der Waals surface area contributed by atoms with Gasteiger partial charge < -0.3 is 4.74 Å². The van der Waals surface area contributed by atoms with Crippen molar-refractivity contribution in [2.24, 2.45) is 5.92 Å². The van der Waals surface area contributed by atoms with Crippen LogP contribution in [0.3, 0.4) is 0 Å². The van der Waals surface area contributed by atoms with E-state index in [2.05, 4.69) is 0 Å². The summed E-state index contributed by atoms with van der Waals surface area (Å²) in [4.78, 5) is 0. The van der Waals surface area contributed by atoms with Gasteiger partial charge in [-0.25, -0.2) is 4.39 Å². The van der Waals surface area contributed by atoms with Gasteiger partial charge in [0.1, 0.15) is 17.3 Å². The predicted molar refractivity (Wildman–Crippen MR) is 113 cm³/mol. The summed E-state index contributed by atoms with van der Waals surface area (Å²) in [5, 5.41) is 0.679. The van der Waals surface area contributed by atoms with Gasteiger partial charge in [-0.05, 0) is 78.8 Å². The first-order valence-electron chi connectivity index (χ1n) is 9.62. The Morgan fingerprint density at radius 2 is 1.68 bits per heavy atom. The highest BCUT2D eigenvalue weighted by Gasteiger charge is 2.35. The summed E-state index contributed by atoms with van der Waals surface area (Å²) in [6, 6.07) is 25.0. The van der Waals surface area contributed by atoms with Crippen LogP contribution >= 0.6 is 11.6 Å². The standard InChI is InChI=1S/C25H22ClFO/c26-21-14-12-20(13-15-21)25(19-10-11-19)24(27)16-9-18-5-4-8-23(17-18)28-22-6-2-1-3-7-22/h1-8,12-17,19,25H,9-11H2/t25-/m1/s1. The van der Waals surface area contributed by atoms with Crippen LogP contribution in [-0.2, 0) is 6.42 Å². The fourth-order valence-corrected chi connectivity index (χ4v) is 3.59. The first kappa shape index (κ1) is 18.8. The highest BCUT2D eigenvalue weighted by atomic mass is 35.5. The monoisotopic (exact) mass is 392 g/mol. The van der Waals surface area contributed by atoms with Crippen molar-refractivity contribution in [2.75, 3.05) is 0 Å². The van der Waals surface area contributed by atoms with Gasteiger partial charge >= 0.3 is 0 Å². The van der Waals surface area contributed by atoms with Crippen molar-refractivity contribution in [3.05, 3.63) is 107 Å². The number of rotatable bonds is 7. The fraction of sp³-hybridized carbons (Fsp3) is 0.200. The topological polar surface area (TPSA) is 9.23 Å². The normalized spacial score (nSPS) is 15.3. The Hall–Kier alpha value is -2.58. The molecule has 28 heavy (non-hydrogen) atoms. The van der Waals surface area contributed by atoms with Crippen molar-refractivity contribution in [3.63, 3.8) is 0 Å². The SMILES string of the molecule is FC(=CCc1cccc(Oc2ccccc2)c1)[C@@H](c1ccc(Cl)cc1)C1CC1. The molecule has 1 fully saturated rings. The summed E-state index contributed by atoms with van der Waals surface area (Å²) in [5.74, 6) is 1.72. The van der Waals surface area contributed by atoms with E-state index in [1.54, 1.807) is 6.08 Å².